The van der Waals surface area contributed by atoms with Gasteiger partial charge in [0.15, 0.2) is 6.61 Å². The third-order valence-corrected chi connectivity index (χ3v) is 3.58. The van der Waals surface area contributed by atoms with Crippen molar-refractivity contribution in [1.82, 2.24) is 5.43 Å². The molecule has 0 spiro atoms. The van der Waals surface area contributed by atoms with E-state index in [-0.39, 0.29) is 11.6 Å². The van der Waals surface area contributed by atoms with Crippen molar-refractivity contribution < 1.29 is 13.9 Å². The summed E-state index contributed by atoms with van der Waals surface area (Å²) in [6.45, 7) is 3.95. The minimum atomic E-state index is -0.432. The molecule has 0 atom stereocenters. The van der Waals surface area contributed by atoms with Crippen LogP contribution in [0.1, 0.15) is 30.9 Å². The molecule has 0 aliphatic rings. The van der Waals surface area contributed by atoms with Crippen LogP contribution in [-0.2, 0) is 4.79 Å². The molecule has 0 saturated carbocycles. The van der Waals surface area contributed by atoms with Crippen LogP contribution < -0.4 is 10.2 Å². The quantitative estimate of drug-likeness (QED) is 0.630. The molecule has 1 N–H and O–H groups in total. The lowest BCUT2D eigenvalue weighted by Gasteiger charge is -2.12. The molecular weight excluding hydrogens is 331 g/mol. The van der Waals surface area contributed by atoms with Gasteiger partial charge in [-0.05, 0) is 35.7 Å². The largest absolute Gasteiger partial charge is 0.483 e. The number of hydrogen-bond donors (Lipinski definition) is 1. The Morgan fingerprint density at radius 2 is 2.08 bits per heavy atom. The molecule has 0 aliphatic heterocycles. The number of hydrogen-bond acceptors (Lipinski definition) is 3. The van der Waals surface area contributed by atoms with Crippen LogP contribution in [0.25, 0.3) is 0 Å². The normalized spacial score (nSPS) is 11.0. The second-order valence-corrected chi connectivity index (χ2v) is 5.85. The van der Waals surface area contributed by atoms with Crippen molar-refractivity contribution in [3.8, 4) is 5.75 Å². The Morgan fingerprint density at radius 3 is 2.79 bits per heavy atom. The second kappa shape index (κ2) is 8.45. The summed E-state index contributed by atoms with van der Waals surface area (Å²) in [5, 5.41) is 4.01. The number of rotatable bonds is 6. The zero-order valence-electron chi connectivity index (χ0n) is 13.4. The van der Waals surface area contributed by atoms with E-state index in [1.807, 2.05) is 24.3 Å². The summed E-state index contributed by atoms with van der Waals surface area (Å²) in [7, 11) is 0. The summed E-state index contributed by atoms with van der Waals surface area (Å²) in [6, 6.07) is 11.5. The average molecular weight is 349 g/mol. The minimum absolute atomic E-state index is 0.155. The first-order valence-corrected chi connectivity index (χ1v) is 7.84. The van der Waals surface area contributed by atoms with E-state index >= 15 is 0 Å². The molecule has 0 bridgehead atoms. The van der Waals surface area contributed by atoms with Crippen LogP contribution in [0.5, 0.6) is 5.75 Å². The first kappa shape index (κ1) is 17.9. The smallest absolute Gasteiger partial charge is 0.277 e. The molecule has 0 aliphatic carbocycles. The molecule has 0 saturated heterocycles. The third kappa shape index (κ3) is 5.06. The van der Waals surface area contributed by atoms with E-state index in [0.717, 1.165) is 5.56 Å². The minimum Gasteiger partial charge on any atom is -0.483 e. The van der Waals surface area contributed by atoms with Gasteiger partial charge in [0.2, 0.25) is 0 Å². The van der Waals surface area contributed by atoms with Crippen molar-refractivity contribution in [3.05, 3.63) is 64.4 Å². The maximum atomic E-state index is 12.9. The molecule has 2 rings (SSSR count). The van der Waals surface area contributed by atoms with E-state index in [0.29, 0.717) is 17.2 Å². The molecule has 24 heavy (non-hydrogen) atoms. The first-order valence-electron chi connectivity index (χ1n) is 7.46. The van der Waals surface area contributed by atoms with Crippen molar-refractivity contribution in [1.29, 1.82) is 0 Å². The Kier molecular flexibility index (Phi) is 6.32. The number of nitrogens with zero attached hydrogens (tertiary/aromatic N) is 1. The highest BCUT2D eigenvalue weighted by molar-refractivity contribution is 6.33. The Labute approximate surface area is 145 Å². The lowest BCUT2D eigenvalue weighted by atomic mass is 10.0. The van der Waals surface area contributed by atoms with Gasteiger partial charge >= 0.3 is 0 Å². The topological polar surface area (TPSA) is 50.7 Å². The molecule has 2 aromatic rings. The van der Waals surface area contributed by atoms with Gasteiger partial charge in [-0.15, -0.1) is 0 Å². The predicted octanol–water partition coefficient (Wildman–Crippen LogP) is 4.13. The van der Waals surface area contributed by atoms with Crippen LogP contribution in [0.4, 0.5) is 4.39 Å². The Morgan fingerprint density at radius 1 is 1.33 bits per heavy atom. The number of amides is 1. The maximum absolute atomic E-state index is 12.9. The van der Waals surface area contributed by atoms with Crippen LogP contribution >= 0.6 is 11.6 Å². The summed E-state index contributed by atoms with van der Waals surface area (Å²) < 4.78 is 18.5. The zero-order chi connectivity index (χ0) is 17.5. The van der Waals surface area contributed by atoms with E-state index in [9.17, 15) is 9.18 Å². The number of halogens is 2. The predicted molar refractivity (Wildman–Crippen MR) is 93.2 cm³/mol. The summed E-state index contributed by atoms with van der Waals surface area (Å²) in [5.41, 5.74) is 3.88. The van der Waals surface area contributed by atoms with Crippen molar-refractivity contribution in [2.24, 2.45) is 5.10 Å². The fourth-order valence-corrected chi connectivity index (χ4v) is 2.26. The molecule has 0 unspecified atom stereocenters. The maximum Gasteiger partial charge on any atom is 0.277 e. The van der Waals surface area contributed by atoms with E-state index in [1.54, 1.807) is 0 Å². The van der Waals surface area contributed by atoms with E-state index in [1.165, 1.54) is 24.4 Å². The number of carbonyl (C=O) groups is 1. The third-order valence-electron chi connectivity index (χ3n) is 3.26. The highest BCUT2D eigenvalue weighted by Gasteiger charge is 2.08. The molecule has 0 aromatic heterocycles. The highest BCUT2D eigenvalue weighted by atomic mass is 35.5. The van der Waals surface area contributed by atoms with Gasteiger partial charge in [0.05, 0.1) is 11.2 Å². The van der Waals surface area contributed by atoms with Gasteiger partial charge in [-0.2, -0.15) is 5.10 Å². The monoisotopic (exact) mass is 348 g/mol. The van der Waals surface area contributed by atoms with Crippen LogP contribution in [0.15, 0.2) is 47.6 Å². The Balaban J connectivity index is 1.89. The number of benzene rings is 2. The lowest BCUT2D eigenvalue weighted by molar-refractivity contribution is -0.123. The van der Waals surface area contributed by atoms with E-state index < -0.39 is 11.7 Å². The number of nitrogens with one attached hydrogen (secondary N) is 1. The molecular formula is C18H18ClFN2O2. The summed E-state index contributed by atoms with van der Waals surface area (Å²) in [4.78, 5) is 11.8. The van der Waals surface area contributed by atoms with Crippen molar-refractivity contribution in [3.63, 3.8) is 0 Å². The van der Waals surface area contributed by atoms with Crippen LogP contribution in [-0.4, -0.2) is 18.7 Å². The van der Waals surface area contributed by atoms with Gasteiger partial charge in [-0.3, -0.25) is 4.79 Å². The van der Waals surface area contributed by atoms with Crippen LogP contribution in [0.2, 0.25) is 5.02 Å². The molecule has 1 amide bonds. The molecule has 4 nitrogen and oxygen atoms in total. The standard InChI is InChI=1S/C18H18ClFN2O2/c1-12(2)15-5-3-4-6-17(15)24-11-18(23)22-21-10-13-7-8-14(20)9-16(13)19/h3-10,12H,11H2,1-2H3,(H,22,23). The van der Waals surface area contributed by atoms with Gasteiger partial charge in [-0.25, -0.2) is 9.82 Å². The van der Waals surface area contributed by atoms with Gasteiger partial charge in [0.1, 0.15) is 11.6 Å². The number of carbonyl (C=O) groups excluding carboxylic acids is 1. The molecule has 2 aromatic carbocycles. The first-order chi connectivity index (χ1) is 11.5. The summed E-state index contributed by atoms with van der Waals surface area (Å²) >= 11 is 5.86. The van der Waals surface area contributed by atoms with Gasteiger partial charge < -0.3 is 4.74 Å². The number of ether oxygens (including phenoxy) is 1. The fourth-order valence-electron chi connectivity index (χ4n) is 2.04. The summed E-state index contributed by atoms with van der Waals surface area (Å²) in [6.07, 6.45) is 1.35. The Bertz CT molecular complexity index is 748. The van der Waals surface area contributed by atoms with Gasteiger partial charge in [0.25, 0.3) is 5.91 Å². The molecule has 0 fully saturated rings. The lowest BCUT2D eigenvalue weighted by Crippen LogP contribution is -2.24. The number of hydrazone groups is 1. The average Bonchev–Trinajstić information content (AvgIpc) is 2.55. The van der Waals surface area contributed by atoms with Crippen LogP contribution in [0.3, 0.4) is 0 Å². The molecule has 126 valence electrons. The zero-order valence-corrected chi connectivity index (χ0v) is 14.2. The van der Waals surface area contributed by atoms with Crippen molar-refractivity contribution >= 4 is 23.7 Å². The van der Waals surface area contributed by atoms with Gasteiger partial charge in [0, 0.05) is 5.56 Å². The molecule has 6 heteroatoms. The Hall–Kier alpha value is -2.40. The second-order valence-electron chi connectivity index (χ2n) is 5.44. The SMILES string of the molecule is CC(C)c1ccccc1OCC(=O)NN=Cc1ccc(F)cc1Cl. The van der Waals surface area contributed by atoms with Crippen LogP contribution in [0, 0.1) is 5.82 Å². The summed E-state index contributed by atoms with van der Waals surface area (Å²) in [5.74, 6) is 0.137. The highest BCUT2D eigenvalue weighted by Crippen LogP contribution is 2.25. The fraction of sp³-hybridized carbons (Fsp3) is 0.222. The molecule has 0 heterocycles. The van der Waals surface area contributed by atoms with Gasteiger partial charge in [-0.1, -0.05) is 43.6 Å². The number of para-hydroxylation sites is 1. The molecule has 0 radical (unpaired) electrons. The van der Waals surface area contributed by atoms with E-state index in [4.69, 9.17) is 16.3 Å². The van der Waals surface area contributed by atoms with Crippen molar-refractivity contribution in [2.45, 2.75) is 19.8 Å². The van der Waals surface area contributed by atoms with E-state index in [2.05, 4.69) is 24.4 Å². The van der Waals surface area contributed by atoms with Crippen molar-refractivity contribution in [2.75, 3.05) is 6.61 Å².